The number of carbonyl (C=O) groups excluding carboxylic acids is 1. The van der Waals surface area contributed by atoms with E-state index in [1.807, 2.05) is 0 Å². The van der Waals surface area contributed by atoms with Gasteiger partial charge in [-0.25, -0.2) is 4.79 Å². The molecule has 0 bridgehead atoms. The zero-order valence-corrected chi connectivity index (χ0v) is 6.36. The molecule has 0 fully saturated rings. The highest BCUT2D eigenvalue weighted by atomic mass is 16.5. The Hall–Kier alpha value is -1.36. The number of rotatable bonds is 0. The summed E-state index contributed by atoms with van der Waals surface area (Å²) >= 11 is 0. The third kappa shape index (κ3) is 2.38. The third-order valence-electron chi connectivity index (χ3n) is 1.10. The van der Waals surface area contributed by atoms with E-state index in [0.29, 0.717) is 6.67 Å². The van der Waals surface area contributed by atoms with E-state index in [4.69, 9.17) is 0 Å². The SMILES string of the molecule is COC(=O)N1C=CC=NC1.N. The first-order chi connectivity index (χ1) is 4.84. The molecule has 5 nitrogen and oxygen atoms in total. The zero-order valence-electron chi connectivity index (χ0n) is 6.36. The van der Waals surface area contributed by atoms with Gasteiger partial charge in [-0.1, -0.05) is 0 Å². The fourth-order valence-electron chi connectivity index (χ4n) is 0.621. The van der Waals surface area contributed by atoms with E-state index in [1.165, 1.54) is 12.0 Å². The van der Waals surface area contributed by atoms with Crippen LogP contribution in [0.5, 0.6) is 0 Å². The van der Waals surface area contributed by atoms with Gasteiger partial charge in [0.25, 0.3) is 0 Å². The molecule has 0 spiro atoms. The standard InChI is InChI=1S/C6H8N2O2.H3N/c1-10-6(9)8-4-2-3-7-5-8;/h2-4H,5H2,1H3;1H3. The number of methoxy groups -OCH3 is 1. The lowest BCUT2D eigenvalue weighted by atomic mass is 10.5. The molecule has 0 aromatic rings. The monoisotopic (exact) mass is 157 g/mol. The first-order valence-electron chi connectivity index (χ1n) is 2.86. The van der Waals surface area contributed by atoms with E-state index < -0.39 is 0 Å². The van der Waals surface area contributed by atoms with Crippen molar-refractivity contribution in [2.75, 3.05) is 13.8 Å². The molecule has 3 N–H and O–H groups in total. The van der Waals surface area contributed by atoms with Gasteiger partial charge in [0.05, 0.1) is 7.11 Å². The van der Waals surface area contributed by atoms with Crippen LogP contribution in [0.1, 0.15) is 0 Å². The molecule has 11 heavy (non-hydrogen) atoms. The molecule has 1 heterocycles. The molecule has 62 valence electrons. The predicted molar refractivity (Wildman–Crippen MR) is 41.8 cm³/mol. The molecule has 5 heteroatoms. The topological polar surface area (TPSA) is 76.9 Å². The molecule has 0 radical (unpaired) electrons. The highest BCUT2D eigenvalue weighted by Crippen LogP contribution is 1.97. The second-order valence-electron chi connectivity index (χ2n) is 1.75. The van der Waals surface area contributed by atoms with Crippen molar-refractivity contribution in [1.29, 1.82) is 0 Å². The molecule has 1 rings (SSSR count). The van der Waals surface area contributed by atoms with Gasteiger partial charge < -0.3 is 10.9 Å². The van der Waals surface area contributed by atoms with E-state index in [9.17, 15) is 4.79 Å². The average molecular weight is 157 g/mol. The van der Waals surface area contributed by atoms with Crippen LogP contribution in [0, 0.1) is 0 Å². The number of hydrogen-bond acceptors (Lipinski definition) is 4. The molecule has 0 aromatic heterocycles. The van der Waals surface area contributed by atoms with Gasteiger partial charge in [-0.15, -0.1) is 0 Å². The van der Waals surface area contributed by atoms with Crippen molar-refractivity contribution >= 4 is 12.3 Å². The fourth-order valence-corrected chi connectivity index (χ4v) is 0.621. The van der Waals surface area contributed by atoms with Gasteiger partial charge in [-0.05, 0) is 6.08 Å². The number of ether oxygens (including phenoxy) is 1. The van der Waals surface area contributed by atoms with Crippen LogP contribution in [-0.2, 0) is 4.74 Å². The fraction of sp³-hybridized carbons (Fsp3) is 0.333. The van der Waals surface area contributed by atoms with Crippen LogP contribution in [0.4, 0.5) is 4.79 Å². The summed E-state index contributed by atoms with van der Waals surface area (Å²) in [5.74, 6) is 0. The van der Waals surface area contributed by atoms with Gasteiger partial charge in [-0.3, -0.25) is 9.89 Å². The summed E-state index contributed by atoms with van der Waals surface area (Å²) in [4.78, 5) is 16.0. The van der Waals surface area contributed by atoms with Crippen molar-refractivity contribution in [2.24, 2.45) is 4.99 Å². The minimum absolute atomic E-state index is 0. The first kappa shape index (κ1) is 9.64. The van der Waals surface area contributed by atoms with Crippen molar-refractivity contribution in [3.05, 3.63) is 12.3 Å². The summed E-state index contributed by atoms with van der Waals surface area (Å²) in [5.41, 5.74) is 0. The van der Waals surface area contributed by atoms with Crippen LogP contribution < -0.4 is 6.15 Å². The quantitative estimate of drug-likeness (QED) is 0.564. The summed E-state index contributed by atoms with van der Waals surface area (Å²) < 4.78 is 4.45. The Balaban J connectivity index is 0.000001000. The lowest BCUT2D eigenvalue weighted by Gasteiger charge is -2.15. The van der Waals surface area contributed by atoms with Crippen LogP contribution in [-0.4, -0.2) is 31.0 Å². The Bertz CT molecular complexity index is 188. The molecule has 0 aromatic carbocycles. The minimum atomic E-state index is -0.381. The van der Waals surface area contributed by atoms with Gasteiger partial charge in [0.15, 0.2) is 0 Å². The van der Waals surface area contributed by atoms with Crippen LogP contribution in [0.15, 0.2) is 17.3 Å². The van der Waals surface area contributed by atoms with E-state index in [1.54, 1.807) is 18.5 Å². The molecule has 0 aliphatic carbocycles. The number of hydrogen-bond donors (Lipinski definition) is 1. The van der Waals surface area contributed by atoms with Crippen molar-refractivity contribution < 1.29 is 9.53 Å². The van der Waals surface area contributed by atoms with Gasteiger partial charge in [-0.2, -0.15) is 0 Å². The third-order valence-corrected chi connectivity index (χ3v) is 1.10. The summed E-state index contributed by atoms with van der Waals surface area (Å²) in [6.07, 6.45) is 4.56. The molecule has 0 saturated heterocycles. The van der Waals surface area contributed by atoms with Crippen LogP contribution in [0.3, 0.4) is 0 Å². The Morgan fingerprint density at radius 3 is 2.91 bits per heavy atom. The Kier molecular flexibility index (Phi) is 3.90. The molecule has 0 saturated carbocycles. The van der Waals surface area contributed by atoms with Crippen molar-refractivity contribution in [3.63, 3.8) is 0 Å². The van der Waals surface area contributed by atoms with Crippen molar-refractivity contribution in [1.82, 2.24) is 11.1 Å². The summed E-state index contributed by atoms with van der Waals surface area (Å²) in [5, 5.41) is 0. The maximum Gasteiger partial charge on any atom is 0.415 e. The van der Waals surface area contributed by atoms with Gasteiger partial charge in [0.1, 0.15) is 6.67 Å². The maximum atomic E-state index is 10.7. The number of nitrogens with zero attached hydrogens (tertiary/aromatic N) is 2. The molecule has 1 amide bonds. The summed E-state index contributed by atoms with van der Waals surface area (Å²) in [6.45, 7) is 0.350. The molecule has 0 unspecified atom stereocenters. The van der Waals surface area contributed by atoms with E-state index >= 15 is 0 Å². The van der Waals surface area contributed by atoms with Crippen LogP contribution >= 0.6 is 0 Å². The normalized spacial score (nSPS) is 14.1. The van der Waals surface area contributed by atoms with Crippen molar-refractivity contribution in [3.8, 4) is 0 Å². The maximum absolute atomic E-state index is 10.7. The minimum Gasteiger partial charge on any atom is -0.452 e. The smallest absolute Gasteiger partial charge is 0.415 e. The number of allylic oxidation sites excluding steroid dienone is 1. The van der Waals surface area contributed by atoms with Crippen LogP contribution in [0.25, 0.3) is 0 Å². The van der Waals surface area contributed by atoms with Crippen LogP contribution in [0.2, 0.25) is 0 Å². The molecule has 1 aliphatic heterocycles. The number of amides is 1. The largest absolute Gasteiger partial charge is 0.452 e. The van der Waals surface area contributed by atoms with E-state index in [-0.39, 0.29) is 12.2 Å². The Morgan fingerprint density at radius 1 is 1.73 bits per heavy atom. The highest BCUT2D eigenvalue weighted by molar-refractivity contribution is 5.76. The second-order valence-corrected chi connectivity index (χ2v) is 1.75. The summed E-state index contributed by atoms with van der Waals surface area (Å²) in [7, 11) is 1.34. The number of aliphatic imine (C=N–C) groups is 1. The molecular weight excluding hydrogens is 146 g/mol. The molecular formula is C6H11N3O2. The second kappa shape index (κ2) is 4.45. The molecule has 1 aliphatic rings. The summed E-state index contributed by atoms with van der Waals surface area (Å²) in [6, 6.07) is 0. The Labute approximate surface area is 64.9 Å². The lowest BCUT2D eigenvalue weighted by molar-refractivity contribution is 0.140. The van der Waals surface area contributed by atoms with E-state index in [0.717, 1.165) is 0 Å². The average Bonchev–Trinajstić information content (AvgIpc) is 2.05. The molecule has 0 atom stereocenters. The first-order valence-corrected chi connectivity index (χ1v) is 2.86. The Morgan fingerprint density at radius 2 is 2.45 bits per heavy atom. The predicted octanol–water partition coefficient (Wildman–Crippen LogP) is 0.772. The zero-order chi connectivity index (χ0) is 7.40. The van der Waals surface area contributed by atoms with Gasteiger partial charge >= 0.3 is 6.09 Å². The van der Waals surface area contributed by atoms with E-state index in [2.05, 4.69) is 9.73 Å². The lowest BCUT2D eigenvalue weighted by Crippen LogP contribution is -2.26. The van der Waals surface area contributed by atoms with Gasteiger partial charge in [0, 0.05) is 12.4 Å². The van der Waals surface area contributed by atoms with Crippen molar-refractivity contribution in [2.45, 2.75) is 0 Å². The number of carbonyl (C=O) groups is 1. The van der Waals surface area contributed by atoms with Gasteiger partial charge in [0.2, 0.25) is 0 Å². The highest BCUT2D eigenvalue weighted by Gasteiger charge is 2.09.